The van der Waals surface area contributed by atoms with Gasteiger partial charge in [-0.2, -0.15) is 13.2 Å². The Hall–Kier alpha value is -4.13. The summed E-state index contributed by atoms with van der Waals surface area (Å²) >= 11 is 0. The number of carbonyl (C=O) groups excluding carboxylic acids is 2. The van der Waals surface area contributed by atoms with Gasteiger partial charge in [-0.05, 0) is 61.7 Å². The molecule has 0 aromatic heterocycles. The molecule has 1 aromatic carbocycles. The number of ketones is 1. The molecule has 1 amide bonds. The SMILES string of the molecule is C=C.C=C=C=C=C=C=C.Nc1ccccc1C(=O)NNC1=C(C(=O)C(F)(F)F)CCC1. The van der Waals surface area contributed by atoms with Crippen LogP contribution in [0, 0.1) is 0 Å². The number of anilines is 1. The van der Waals surface area contributed by atoms with Crippen LogP contribution in [0.5, 0.6) is 0 Å². The van der Waals surface area contributed by atoms with Crippen LogP contribution in [-0.4, -0.2) is 17.9 Å². The number of hydrazine groups is 1. The predicted octanol–water partition coefficient (Wildman–Crippen LogP) is 4.45. The van der Waals surface area contributed by atoms with E-state index in [0.29, 0.717) is 6.42 Å². The molecule has 1 aliphatic rings. The number of benzene rings is 1. The van der Waals surface area contributed by atoms with Gasteiger partial charge in [-0.25, -0.2) is 0 Å². The lowest BCUT2D eigenvalue weighted by Crippen LogP contribution is -2.38. The van der Waals surface area contributed by atoms with Gasteiger partial charge in [0.05, 0.1) is 5.56 Å². The average molecular weight is 429 g/mol. The maximum absolute atomic E-state index is 12.5. The summed E-state index contributed by atoms with van der Waals surface area (Å²) in [7, 11) is 0. The van der Waals surface area contributed by atoms with Crippen molar-refractivity contribution in [3.8, 4) is 0 Å². The Morgan fingerprint density at radius 3 is 2.10 bits per heavy atom. The topological polar surface area (TPSA) is 84.2 Å². The number of para-hydroxylation sites is 1. The number of hydrogen-bond acceptors (Lipinski definition) is 4. The van der Waals surface area contributed by atoms with Crippen LogP contribution in [0.2, 0.25) is 0 Å². The second-order valence-corrected chi connectivity index (χ2v) is 5.53. The first-order valence-electron chi connectivity index (χ1n) is 8.76. The van der Waals surface area contributed by atoms with Crippen LogP contribution in [0.3, 0.4) is 0 Å². The monoisotopic (exact) mass is 429 g/mol. The average Bonchev–Trinajstić information content (AvgIpc) is 3.22. The third-order valence-corrected chi connectivity index (χ3v) is 3.58. The van der Waals surface area contributed by atoms with Gasteiger partial charge in [0.1, 0.15) is 0 Å². The molecule has 0 bridgehead atoms. The first kappa shape index (κ1) is 26.9. The highest BCUT2D eigenvalue weighted by Gasteiger charge is 2.42. The van der Waals surface area contributed by atoms with Gasteiger partial charge in [0.2, 0.25) is 0 Å². The van der Waals surface area contributed by atoms with E-state index in [-0.39, 0.29) is 35.4 Å². The molecule has 162 valence electrons. The number of amides is 1. The van der Waals surface area contributed by atoms with Gasteiger partial charge in [-0.15, -0.1) is 13.2 Å². The maximum Gasteiger partial charge on any atom is 0.454 e. The molecule has 0 radical (unpaired) electrons. The summed E-state index contributed by atoms with van der Waals surface area (Å²) in [6.07, 6.45) is -4.20. The minimum atomic E-state index is -4.92. The molecule has 0 fully saturated rings. The molecule has 2 rings (SSSR count). The van der Waals surface area contributed by atoms with Crippen LogP contribution in [0.25, 0.3) is 0 Å². The lowest BCUT2D eigenvalue weighted by atomic mass is 10.1. The first-order valence-corrected chi connectivity index (χ1v) is 8.76. The van der Waals surface area contributed by atoms with E-state index in [4.69, 9.17) is 5.73 Å². The smallest absolute Gasteiger partial charge is 0.398 e. The highest BCUT2D eigenvalue weighted by atomic mass is 19.4. The minimum absolute atomic E-state index is 0.0318. The Labute approximate surface area is 178 Å². The Kier molecular flexibility index (Phi) is 12.1. The molecule has 0 heterocycles. The number of halogens is 3. The van der Waals surface area contributed by atoms with Gasteiger partial charge >= 0.3 is 6.18 Å². The third kappa shape index (κ3) is 9.27. The summed E-state index contributed by atoms with van der Waals surface area (Å²) in [5.41, 5.74) is 22.5. The fourth-order valence-electron chi connectivity index (χ4n) is 2.33. The minimum Gasteiger partial charge on any atom is -0.398 e. The molecule has 0 aliphatic heterocycles. The second-order valence-electron chi connectivity index (χ2n) is 5.53. The van der Waals surface area contributed by atoms with Gasteiger partial charge < -0.3 is 11.2 Å². The van der Waals surface area contributed by atoms with Crippen molar-refractivity contribution in [2.45, 2.75) is 25.4 Å². The summed E-state index contributed by atoms with van der Waals surface area (Å²) < 4.78 is 37.4. The highest BCUT2D eigenvalue weighted by Crippen LogP contribution is 2.30. The van der Waals surface area contributed by atoms with E-state index in [1.807, 2.05) is 0 Å². The molecule has 0 spiro atoms. The molecule has 0 unspecified atom stereocenters. The van der Waals surface area contributed by atoms with E-state index in [2.05, 4.69) is 65.8 Å². The van der Waals surface area contributed by atoms with Crippen molar-refractivity contribution in [3.05, 3.63) is 96.1 Å². The van der Waals surface area contributed by atoms with E-state index in [1.54, 1.807) is 12.1 Å². The van der Waals surface area contributed by atoms with E-state index < -0.39 is 17.9 Å². The molecule has 0 atom stereocenters. The number of allylic oxidation sites excluding steroid dienone is 2. The molecular weight excluding hydrogens is 407 g/mol. The molecule has 5 nitrogen and oxygen atoms in total. The van der Waals surface area contributed by atoms with Crippen LogP contribution >= 0.6 is 0 Å². The maximum atomic E-state index is 12.5. The zero-order chi connectivity index (χ0) is 23.9. The van der Waals surface area contributed by atoms with Gasteiger partial charge in [0.25, 0.3) is 11.7 Å². The molecule has 0 saturated carbocycles. The number of Topliss-reactive ketones (excluding diaryl/α,β-unsaturated/α-hetero) is 1. The first-order chi connectivity index (χ1) is 14.7. The number of rotatable bonds is 4. The van der Waals surface area contributed by atoms with Crippen LogP contribution in [0.15, 0.2) is 90.5 Å². The Bertz CT molecular complexity index is 989. The number of carbonyl (C=O) groups is 2. The molecular formula is C23H22F3N3O2. The van der Waals surface area contributed by atoms with Gasteiger partial charge in [-0.1, -0.05) is 23.6 Å². The lowest BCUT2D eigenvalue weighted by molar-refractivity contribution is -0.166. The molecule has 0 saturated heterocycles. The van der Waals surface area contributed by atoms with Crippen molar-refractivity contribution in [3.63, 3.8) is 0 Å². The fraction of sp³-hybridized carbons (Fsp3) is 0.174. The third-order valence-electron chi connectivity index (χ3n) is 3.58. The van der Waals surface area contributed by atoms with E-state index in [1.165, 1.54) is 12.1 Å². The van der Waals surface area contributed by atoms with Gasteiger partial charge in [0, 0.05) is 17.0 Å². The second kappa shape index (κ2) is 13.9. The normalized spacial score (nSPS) is 11.5. The zero-order valence-corrected chi connectivity index (χ0v) is 16.8. The van der Waals surface area contributed by atoms with Crippen molar-refractivity contribution >= 4 is 17.4 Å². The molecule has 8 heteroatoms. The Morgan fingerprint density at radius 1 is 1.00 bits per heavy atom. The number of nitrogens with one attached hydrogen (secondary N) is 2. The molecule has 1 aromatic rings. The number of alkyl halides is 3. The quantitative estimate of drug-likeness (QED) is 0.286. The van der Waals surface area contributed by atoms with Gasteiger partial charge in [-0.3, -0.25) is 15.0 Å². The molecule has 4 N–H and O–H groups in total. The number of nitrogens with two attached hydrogens (primary N) is 1. The van der Waals surface area contributed by atoms with Crippen molar-refractivity contribution in [1.29, 1.82) is 0 Å². The van der Waals surface area contributed by atoms with Crippen LogP contribution in [0.4, 0.5) is 18.9 Å². The van der Waals surface area contributed by atoms with Crippen LogP contribution in [-0.2, 0) is 4.79 Å². The van der Waals surface area contributed by atoms with E-state index >= 15 is 0 Å². The molecule has 31 heavy (non-hydrogen) atoms. The summed E-state index contributed by atoms with van der Waals surface area (Å²) in [5.74, 6) is -2.46. The number of nitrogen functional groups attached to an aromatic ring is 1. The van der Waals surface area contributed by atoms with Crippen LogP contribution in [0.1, 0.15) is 29.6 Å². The zero-order valence-electron chi connectivity index (χ0n) is 16.8. The van der Waals surface area contributed by atoms with Crippen LogP contribution < -0.4 is 16.6 Å². The van der Waals surface area contributed by atoms with Crippen molar-refractivity contribution in [2.24, 2.45) is 0 Å². The highest BCUT2D eigenvalue weighted by molar-refractivity contribution is 6.01. The van der Waals surface area contributed by atoms with Crippen molar-refractivity contribution < 1.29 is 22.8 Å². The lowest BCUT2D eigenvalue weighted by Gasteiger charge is -2.13. The standard InChI is InChI=1S/C14H14F3N3O2.C7H4.C2H4/c15-14(16,17)12(21)9-5-3-7-11(9)19-20-13(22)8-4-1-2-6-10(8)18;1-3-5-7-6-4-2;1-2/h1-2,4,6,19H,3,5,7,18H2,(H,20,22);1-2H2;1-2H2. The number of hydrogen-bond donors (Lipinski definition) is 3. The fourth-order valence-corrected chi connectivity index (χ4v) is 2.33. The molecule has 1 aliphatic carbocycles. The predicted molar refractivity (Wildman–Crippen MR) is 113 cm³/mol. The van der Waals surface area contributed by atoms with Gasteiger partial charge in [0.15, 0.2) is 0 Å². The Morgan fingerprint density at radius 2 is 1.58 bits per heavy atom. The van der Waals surface area contributed by atoms with E-state index in [9.17, 15) is 22.8 Å². The van der Waals surface area contributed by atoms with E-state index in [0.717, 1.165) is 0 Å². The Balaban J connectivity index is 0.000000852. The van der Waals surface area contributed by atoms with Crippen molar-refractivity contribution in [1.82, 2.24) is 10.9 Å². The summed E-state index contributed by atoms with van der Waals surface area (Å²) in [6.45, 7) is 12.5. The largest absolute Gasteiger partial charge is 0.454 e. The summed E-state index contributed by atoms with van der Waals surface area (Å²) in [4.78, 5) is 23.2. The van der Waals surface area contributed by atoms with Crippen molar-refractivity contribution in [2.75, 3.05) is 5.73 Å². The summed E-state index contributed by atoms with van der Waals surface area (Å²) in [5, 5.41) is 0. The summed E-state index contributed by atoms with van der Waals surface area (Å²) in [6, 6.07) is 6.28.